The fourth-order valence-electron chi connectivity index (χ4n) is 1.59. The monoisotopic (exact) mass is 347 g/mol. The first-order valence-electron chi connectivity index (χ1n) is 5.95. The van der Waals surface area contributed by atoms with Crippen LogP contribution in [0.3, 0.4) is 0 Å². The molecule has 0 saturated carbocycles. The average Bonchev–Trinajstić information content (AvgIpc) is 2.84. The number of anilines is 1. The zero-order valence-electron chi connectivity index (χ0n) is 11.1. The number of aryl methyl sites for hydroxylation is 1. The largest absolute Gasteiger partial charge is 0.307 e. The molecule has 0 radical (unpaired) electrons. The number of pyridine rings is 1. The predicted molar refractivity (Wildman–Crippen MR) is 82.8 cm³/mol. The highest BCUT2D eigenvalue weighted by Crippen LogP contribution is 2.21. The Morgan fingerprint density at radius 1 is 1.48 bits per heavy atom. The number of nitrogens with one attached hydrogen (secondary N) is 2. The van der Waals surface area contributed by atoms with E-state index in [-0.39, 0.29) is 22.3 Å². The molecular formula is C11H14ClN5O2S2. The molecule has 0 saturated heterocycles. The van der Waals surface area contributed by atoms with Crippen molar-refractivity contribution in [1.29, 1.82) is 0 Å². The second-order valence-corrected chi connectivity index (χ2v) is 7.39. The van der Waals surface area contributed by atoms with E-state index in [1.54, 1.807) is 0 Å². The van der Waals surface area contributed by atoms with Crippen molar-refractivity contribution >= 4 is 38.8 Å². The van der Waals surface area contributed by atoms with Crippen LogP contribution in [0.25, 0.3) is 0 Å². The molecule has 21 heavy (non-hydrogen) atoms. The van der Waals surface area contributed by atoms with Crippen LogP contribution < -0.4 is 16.0 Å². The molecule has 7 nitrogen and oxygen atoms in total. The van der Waals surface area contributed by atoms with E-state index in [2.05, 4.69) is 20.1 Å². The number of nitrogens with zero attached hydrogens (tertiary/aromatic N) is 2. The highest BCUT2D eigenvalue weighted by Gasteiger charge is 2.16. The lowest BCUT2D eigenvalue weighted by atomic mass is 10.3. The molecule has 0 amide bonds. The number of rotatable bonds is 6. The second kappa shape index (κ2) is 6.67. The third-order valence-corrected chi connectivity index (χ3v) is 5.14. The Balaban J connectivity index is 2.02. The topological polar surface area (TPSA) is 110 Å². The Hall–Kier alpha value is -1.26. The predicted octanol–water partition coefficient (Wildman–Crippen LogP) is 1.31. The Bertz CT molecular complexity index is 732. The molecule has 0 aliphatic carbocycles. The standard InChI is InChI=1S/C11H14ClN5O2S2/c1-7-16-8(6-20-7)2-3-15-21(18,19)9-4-10(12)11(17-13)14-5-9/h4-6,15H,2-3,13H2,1H3,(H,14,17). The summed E-state index contributed by atoms with van der Waals surface area (Å²) in [6.07, 6.45) is 1.71. The molecule has 2 rings (SSSR count). The van der Waals surface area contributed by atoms with Crippen LogP contribution in [0.5, 0.6) is 0 Å². The lowest BCUT2D eigenvalue weighted by Gasteiger charge is -2.08. The summed E-state index contributed by atoms with van der Waals surface area (Å²) in [6, 6.07) is 1.29. The molecule has 0 spiro atoms. The van der Waals surface area contributed by atoms with Gasteiger partial charge in [0.1, 0.15) is 4.90 Å². The summed E-state index contributed by atoms with van der Waals surface area (Å²) < 4.78 is 26.7. The first kappa shape index (κ1) is 16.1. The molecular weight excluding hydrogens is 334 g/mol. The smallest absolute Gasteiger partial charge is 0.242 e. The fraction of sp³-hybridized carbons (Fsp3) is 0.273. The lowest BCUT2D eigenvalue weighted by Crippen LogP contribution is -2.26. The van der Waals surface area contributed by atoms with Crippen LogP contribution in [0.2, 0.25) is 5.02 Å². The van der Waals surface area contributed by atoms with Crippen LogP contribution in [0.4, 0.5) is 5.82 Å². The molecule has 2 heterocycles. The maximum atomic E-state index is 12.1. The number of halogens is 1. The summed E-state index contributed by atoms with van der Waals surface area (Å²) in [6.45, 7) is 2.15. The summed E-state index contributed by atoms with van der Waals surface area (Å²) in [5, 5.41) is 2.99. The molecule has 0 aliphatic rings. The van der Waals surface area contributed by atoms with E-state index in [1.807, 2.05) is 12.3 Å². The summed E-state index contributed by atoms with van der Waals surface area (Å²) in [5.41, 5.74) is 3.14. The number of nitrogens with two attached hydrogens (primary N) is 1. The maximum Gasteiger partial charge on any atom is 0.242 e. The number of sulfonamides is 1. The SMILES string of the molecule is Cc1nc(CCNS(=O)(=O)c2cnc(NN)c(Cl)c2)cs1. The van der Waals surface area contributed by atoms with Crippen LogP contribution in [-0.2, 0) is 16.4 Å². The van der Waals surface area contributed by atoms with Gasteiger partial charge in [0, 0.05) is 24.5 Å². The van der Waals surface area contributed by atoms with Gasteiger partial charge in [-0.25, -0.2) is 29.0 Å². The van der Waals surface area contributed by atoms with Gasteiger partial charge in [-0.3, -0.25) is 0 Å². The van der Waals surface area contributed by atoms with Crippen molar-refractivity contribution in [2.45, 2.75) is 18.2 Å². The van der Waals surface area contributed by atoms with Gasteiger partial charge in [-0.05, 0) is 13.0 Å². The van der Waals surface area contributed by atoms with E-state index < -0.39 is 10.0 Å². The Morgan fingerprint density at radius 2 is 2.24 bits per heavy atom. The summed E-state index contributed by atoms with van der Waals surface area (Å²) in [7, 11) is -3.66. The minimum absolute atomic E-state index is 0.0130. The molecule has 0 atom stereocenters. The van der Waals surface area contributed by atoms with Crippen LogP contribution in [0, 0.1) is 6.92 Å². The van der Waals surface area contributed by atoms with E-state index in [1.165, 1.54) is 23.6 Å². The maximum absolute atomic E-state index is 12.1. The highest BCUT2D eigenvalue weighted by molar-refractivity contribution is 7.89. The Morgan fingerprint density at radius 3 is 2.81 bits per heavy atom. The molecule has 0 unspecified atom stereocenters. The zero-order valence-corrected chi connectivity index (χ0v) is 13.5. The van der Waals surface area contributed by atoms with Gasteiger partial charge in [-0.15, -0.1) is 11.3 Å². The zero-order chi connectivity index (χ0) is 15.5. The first-order valence-corrected chi connectivity index (χ1v) is 8.69. The molecule has 0 fully saturated rings. The van der Waals surface area contributed by atoms with E-state index in [0.717, 1.165) is 10.7 Å². The van der Waals surface area contributed by atoms with Crippen LogP contribution in [-0.4, -0.2) is 24.9 Å². The number of thiazole rings is 1. The third-order valence-electron chi connectivity index (χ3n) is 2.60. The van der Waals surface area contributed by atoms with Crippen LogP contribution in [0.15, 0.2) is 22.5 Å². The van der Waals surface area contributed by atoms with Crippen LogP contribution in [0.1, 0.15) is 10.7 Å². The minimum atomic E-state index is -3.66. The van der Waals surface area contributed by atoms with Gasteiger partial charge in [-0.1, -0.05) is 11.6 Å². The van der Waals surface area contributed by atoms with Gasteiger partial charge in [0.05, 0.1) is 15.7 Å². The summed E-state index contributed by atoms with van der Waals surface area (Å²) in [5.74, 6) is 5.40. The molecule has 10 heteroatoms. The fourth-order valence-corrected chi connectivity index (χ4v) is 3.53. The average molecular weight is 348 g/mol. The van der Waals surface area contributed by atoms with Crippen molar-refractivity contribution in [3.63, 3.8) is 0 Å². The van der Waals surface area contributed by atoms with Gasteiger partial charge in [0.15, 0.2) is 5.82 Å². The summed E-state index contributed by atoms with van der Waals surface area (Å²) in [4.78, 5) is 8.09. The van der Waals surface area contributed by atoms with Crippen molar-refractivity contribution in [3.05, 3.63) is 33.4 Å². The number of nitrogen functional groups attached to an aromatic ring is 1. The number of aromatic nitrogens is 2. The number of hydrogen-bond acceptors (Lipinski definition) is 7. The molecule has 0 bridgehead atoms. The quantitative estimate of drug-likeness (QED) is 0.536. The normalized spacial score (nSPS) is 11.6. The Kier molecular flexibility index (Phi) is 5.12. The van der Waals surface area contributed by atoms with E-state index >= 15 is 0 Å². The van der Waals surface area contributed by atoms with Gasteiger partial charge < -0.3 is 5.43 Å². The van der Waals surface area contributed by atoms with Crippen molar-refractivity contribution in [2.75, 3.05) is 12.0 Å². The van der Waals surface area contributed by atoms with Crippen molar-refractivity contribution in [1.82, 2.24) is 14.7 Å². The van der Waals surface area contributed by atoms with Gasteiger partial charge in [-0.2, -0.15) is 0 Å². The molecule has 2 aromatic heterocycles. The van der Waals surface area contributed by atoms with Gasteiger partial charge >= 0.3 is 0 Å². The molecule has 114 valence electrons. The van der Waals surface area contributed by atoms with E-state index in [0.29, 0.717) is 6.42 Å². The third kappa shape index (κ3) is 4.11. The van der Waals surface area contributed by atoms with Crippen molar-refractivity contribution in [3.8, 4) is 0 Å². The van der Waals surface area contributed by atoms with Gasteiger partial charge in [0.2, 0.25) is 10.0 Å². The van der Waals surface area contributed by atoms with Gasteiger partial charge in [0.25, 0.3) is 0 Å². The molecule has 2 aromatic rings. The molecule has 0 aromatic carbocycles. The van der Waals surface area contributed by atoms with Crippen molar-refractivity contribution < 1.29 is 8.42 Å². The minimum Gasteiger partial charge on any atom is -0.307 e. The first-order chi connectivity index (χ1) is 9.92. The van der Waals surface area contributed by atoms with E-state index in [9.17, 15) is 8.42 Å². The number of hydrogen-bond donors (Lipinski definition) is 3. The van der Waals surface area contributed by atoms with E-state index in [4.69, 9.17) is 17.4 Å². The summed E-state index contributed by atoms with van der Waals surface area (Å²) >= 11 is 7.39. The highest BCUT2D eigenvalue weighted by atomic mass is 35.5. The van der Waals surface area contributed by atoms with Crippen LogP contribution >= 0.6 is 22.9 Å². The molecule has 4 N–H and O–H groups in total. The Labute approximate surface area is 131 Å². The lowest BCUT2D eigenvalue weighted by molar-refractivity contribution is 0.581. The number of hydrazine groups is 1. The molecule has 0 aliphatic heterocycles. The van der Waals surface area contributed by atoms with Crippen molar-refractivity contribution in [2.24, 2.45) is 5.84 Å². The second-order valence-electron chi connectivity index (χ2n) is 4.15.